The number of amides is 1. The minimum atomic E-state index is -1.03. The van der Waals surface area contributed by atoms with Crippen LogP contribution in [0.5, 0.6) is 0 Å². The third kappa shape index (κ3) is 2.82. The van der Waals surface area contributed by atoms with Gasteiger partial charge in [-0.2, -0.15) is 5.10 Å². The molecule has 0 unspecified atom stereocenters. The van der Waals surface area contributed by atoms with E-state index >= 15 is 0 Å². The Kier molecular flexibility index (Phi) is 3.66. The molecule has 7 heteroatoms. The highest BCUT2D eigenvalue weighted by molar-refractivity contribution is 7.12. The van der Waals surface area contributed by atoms with E-state index in [0.29, 0.717) is 17.7 Å². The number of aryl methyl sites for hydroxylation is 2. The molecule has 2 aromatic heterocycles. The van der Waals surface area contributed by atoms with Crippen molar-refractivity contribution in [3.63, 3.8) is 0 Å². The van der Waals surface area contributed by atoms with E-state index in [1.165, 1.54) is 11.4 Å². The summed E-state index contributed by atoms with van der Waals surface area (Å²) in [5.41, 5.74) is 1.79. The Morgan fingerprint density at radius 3 is 2.84 bits per heavy atom. The fraction of sp³-hybridized carbons (Fsp3) is 0.250. The van der Waals surface area contributed by atoms with Crippen LogP contribution in [0.1, 0.15) is 32.6 Å². The highest BCUT2D eigenvalue weighted by atomic mass is 32.1. The van der Waals surface area contributed by atoms with Gasteiger partial charge in [-0.05, 0) is 12.5 Å². The van der Waals surface area contributed by atoms with Crippen LogP contribution in [-0.2, 0) is 13.5 Å². The van der Waals surface area contributed by atoms with Gasteiger partial charge in [-0.1, -0.05) is 6.92 Å². The van der Waals surface area contributed by atoms with Gasteiger partial charge in [-0.15, -0.1) is 11.3 Å². The Morgan fingerprint density at radius 1 is 1.53 bits per heavy atom. The zero-order valence-corrected chi connectivity index (χ0v) is 11.3. The van der Waals surface area contributed by atoms with Gasteiger partial charge in [0, 0.05) is 18.6 Å². The van der Waals surface area contributed by atoms with Crippen LogP contribution in [0.4, 0.5) is 5.69 Å². The van der Waals surface area contributed by atoms with Crippen molar-refractivity contribution >= 4 is 28.9 Å². The van der Waals surface area contributed by atoms with Crippen molar-refractivity contribution in [1.29, 1.82) is 0 Å². The molecule has 0 spiro atoms. The van der Waals surface area contributed by atoms with Crippen LogP contribution in [0.15, 0.2) is 17.6 Å². The SMILES string of the molecule is CCc1nn(C)cc1NC(=O)c1csc(C(=O)O)c1. The highest BCUT2D eigenvalue weighted by Crippen LogP contribution is 2.18. The van der Waals surface area contributed by atoms with Gasteiger partial charge >= 0.3 is 5.97 Å². The van der Waals surface area contributed by atoms with Gasteiger partial charge in [0.25, 0.3) is 5.91 Å². The maximum absolute atomic E-state index is 12.0. The minimum absolute atomic E-state index is 0.145. The fourth-order valence-electron chi connectivity index (χ4n) is 1.66. The second-order valence-electron chi connectivity index (χ2n) is 3.98. The van der Waals surface area contributed by atoms with E-state index in [9.17, 15) is 9.59 Å². The van der Waals surface area contributed by atoms with Crippen LogP contribution >= 0.6 is 11.3 Å². The van der Waals surface area contributed by atoms with Crippen molar-refractivity contribution in [3.05, 3.63) is 33.8 Å². The minimum Gasteiger partial charge on any atom is -0.477 e. The van der Waals surface area contributed by atoms with Crippen LogP contribution in [0.25, 0.3) is 0 Å². The van der Waals surface area contributed by atoms with E-state index in [-0.39, 0.29) is 10.8 Å². The van der Waals surface area contributed by atoms with E-state index in [1.54, 1.807) is 17.9 Å². The number of anilines is 1. The van der Waals surface area contributed by atoms with Gasteiger partial charge in [-0.3, -0.25) is 9.48 Å². The molecular formula is C12H13N3O3S. The highest BCUT2D eigenvalue weighted by Gasteiger charge is 2.15. The number of thiophene rings is 1. The van der Waals surface area contributed by atoms with Gasteiger partial charge in [0.05, 0.1) is 16.9 Å². The molecule has 0 aliphatic carbocycles. The Hall–Kier alpha value is -2.15. The zero-order valence-electron chi connectivity index (χ0n) is 10.5. The van der Waals surface area contributed by atoms with Crippen LogP contribution in [0.3, 0.4) is 0 Å². The third-order valence-corrected chi connectivity index (χ3v) is 3.48. The molecule has 0 aliphatic rings. The predicted molar refractivity (Wildman–Crippen MR) is 71.8 cm³/mol. The summed E-state index contributed by atoms with van der Waals surface area (Å²) in [6.45, 7) is 1.95. The standard InChI is InChI=1S/C12H13N3O3S/c1-3-8-9(5-15(2)14-8)13-11(16)7-4-10(12(17)18)19-6-7/h4-6H,3H2,1-2H3,(H,13,16)(H,17,18). The normalized spacial score (nSPS) is 10.4. The molecule has 1 amide bonds. The number of hydrogen-bond acceptors (Lipinski definition) is 4. The number of aromatic carboxylic acids is 1. The lowest BCUT2D eigenvalue weighted by molar-refractivity contribution is 0.0702. The van der Waals surface area contributed by atoms with Crippen LogP contribution in [0.2, 0.25) is 0 Å². The maximum atomic E-state index is 12.0. The Labute approximate surface area is 113 Å². The summed E-state index contributed by atoms with van der Waals surface area (Å²) in [6.07, 6.45) is 2.43. The number of carbonyl (C=O) groups is 2. The summed E-state index contributed by atoms with van der Waals surface area (Å²) in [4.78, 5) is 22.9. The molecule has 2 aromatic rings. The molecule has 2 heterocycles. The molecule has 0 aromatic carbocycles. The van der Waals surface area contributed by atoms with E-state index in [4.69, 9.17) is 5.11 Å². The molecule has 0 radical (unpaired) electrons. The molecule has 2 N–H and O–H groups in total. The molecule has 0 saturated heterocycles. The summed E-state index contributed by atoms with van der Waals surface area (Å²) in [6, 6.07) is 1.37. The average Bonchev–Trinajstić information content (AvgIpc) is 2.95. The average molecular weight is 279 g/mol. The van der Waals surface area contributed by atoms with E-state index in [1.807, 2.05) is 6.92 Å². The number of aromatic nitrogens is 2. The van der Waals surface area contributed by atoms with Gasteiger partial charge < -0.3 is 10.4 Å². The van der Waals surface area contributed by atoms with Crippen molar-refractivity contribution < 1.29 is 14.7 Å². The first-order chi connectivity index (χ1) is 9.01. The zero-order chi connectivity index (χ0) is 14.0. The summed E-state index contributed by atoms with van der Waals surface area (Å²) in [5.74, 6) is -1.36. The summed E-state index contributed by atoms with van der Waals surface area (Å²) in [5, 5.41) is 17.3. The topological polar surface area (TPSA) is 84.2 Å². The van der Waals surface area contributed by atoms with Crippen LogP contribution in [0, 0.1) is 0 Å². The molecule has 0 atom stereocenters. The lowest BCUT2D eigenvalue weighted by Gasteiger charge is -2.01. The third-order valence-electron chi connectivity index (χ3n) is 2.56. The Bertz CT molecular complexity index is 630. The number of carboxylic acids is 1. The van der Waals surface area contributed by atoms with Gasteiger partial charge in [0.15, 0.2) is 0 Å². The molecular weight excluding hydrogens is 266 g/mol. The lowest BCUT2D eigenvalue weighted by atomic mass is 10.2. The first kappa shape index (κ1) is 13.3. The number of nitrogens with one attached hydrogen (secondary N) is 1. The monoisotopic (exact) mass is 279 g/mol. The second kappa shape index (κ2) is 5.23. The largest absolute Gasteiger partial charge is 0.477 e. The summed E-state index contributed by atoms with van der Waals surface area (Å²) in [7, 11) is 1.78. The van der Waals surface area contributed by atoms with Gasteiger partial charge in [-0.25, -0.2) is 4.79 Å². The smallest absolute Gasteiger partial charge is 0.345 e. The molecule has 0 bridgehead atoms. The maximum Gasteiger partial charge on any atom is 0.345 e. The molecule has 6 nitrogen and oxygen atoms in total. The first-order valence-electron chi connectivity index (χ1n) is 5.67. The predicted octanol–water partition coefficient (Wildman–Crippen LogP) is 1.99. The number of carbonyl (C=O) groups excluding carboxylic acids is 1. The van der Waals surface area contributed by atoms with Crippen molar-refractivity contribution in [2.24, 2.45) is 7.05 Å². The van der Waals surface area contributed by atoms with Gasteiger partial charge in [0.2, 0.25) is 0 Å². The van der Waals surface area contributed by atoms with Crippen LogP contribution < -0.4 is 5.32 Å². The number of hydrogen-bond donors (Lipinski definition) is 2. The fourth-order valence-corrected chi connectivity index (χ4v) is 2.39. The molecule has 0 aliphatic heterocycles. The molecule has 100 valence electrons. The molecule has 19 heavy (non-hydrogen) atoms. The van der Waals surface area contributed by atoms with Crippen molar-refractivity contribution in [2.45, 2.75) is 13.3 Å². The van der Waals surface area contributed by atoms with Crippen molar-refractivity contribution in [3.8, 4) is 0 Å². The number of carboxylic acid groups (broad SMARTS) is 1. The quantitative estimate of drug-likeness (QED) is 0.896. The van der Waals surface area contributed by atoms with E-state index in [2.05, 4.69) is 10.4 Å². The molecule has 2 rings (SSSR count). The summed E-state index contributed by atoms with van der Waals surface area (Å²) >= 11 is 1.03. The van der Waals surface area contributed by atoms with Gasteiger partial charge in [0.1, 0.15) is 4.88 Å². The number of nitrogens with zero attached hydrogens (tertiary/aromatic N) is 2. The molecule has 0 fully saturated rings. The van der Waals surface area contributed by atoms with Crippen molar-refractivity contribution in [2.75, 3.05) is 5.32 Å². The van der Waals surface area contributed by atoms with Crippen LogP contribution in [-0.4, -0.2) is 26.8 Å². The number of rotatable bonds is 4. The lowest BCUT2D eigenvalue weighted by Crippen LogP contribution is -2.11. The van der Waals surface area contributed by atoms with E-state index in [0.717, 1.165) is 17.0 Å². The Balaban J connectivity index is 2.18. The van der Waals surface area contributed by atoms with E-state index < -0.39 is 5.97 Å². The molecule has 0 saturated carbocycles. The second-order valence-corrected chi connectivity index (χ2v) is 4.89. The van der Waals surface area contributed by atoms with Crippen molar-refractivity contribution in [1.82, 2.24) is 9.78 Å². The first-order valence-corrected chi connectivity index (χ1v) is 6.55. The Morgan fingerprint density at radius 2 is 2.26 bits per heavy atom. The summed E-state index contributed by atoms with van der Waals surface area (Å²) < 4.78 is 1.63.